The van der Waals surface area contributed by atoms with Gasteiger partial charge in [-0.2, -0.15) is 0 Å². The quantitative estimate of drug-likeness (QED) is 0.0157. The van der Waals surface area contributed by atoms with Crippen LogP contribution in [0.25, 0.3) is 0 Å². The SMILES string of the molecule is CN1Cc2c(Cl)cc(Cl)cc2[C@H](c2cccc(S(=O)(=O)NCCOCCOCCN(C)C(=O)CCC(CCC(=O)N(C)CCOCCOCCNS(=O)(=O)c3cccc([C@@H]4CN(C)Cc5c(Cl)cc(I)cc54)c3)(CCC(=O)N(C)CCOCCOCCN[SH](C)(=O)c3cccc([C@@H]4CN(C)Cc5c(Cl)cc(Cl)cc54)c3)N(C)C)c2)C1. The minimum absolute atomic E-state index is 0.00706. The first-order chi connectivity index (χ1) is 54.7. The lowest BCUT2D eigenvalue weighted by Gasteiger charge is -2.41. The van der Waals surface area contributed by atoms with Gasteiger partial charge in [-0.05, 0) is 210 Å². The summed E-state index contributed by atoms with van der Waals surface area (Å²) in [6.07, 6.45) is 3.16. The molecule has 33 heteroatoms. The van der Waals surface area contributed by atoms with E-state index in [0.29, 0.717) is 88.6 Å². The maximum Gasteiger partial charge on any atom is 0.240 e. The van der Waals surface area contributed by atoms with Crippen molar-refractivity contribution in [1.82, 2.24) is 48.5 Å². The van der Waals surface area contributed by atoms with E-state index in [1.165, 1.54) is 0 Å². The Morgan fingerprint density at radius 3 is 1.19 bits per heavy atom. The van der Waals surface area contributed by atoms with Gasteiger partial charge in [0.25, 0.3) is 0 Å². The first-order valence-corrected chi connectivity index (χ1v) is 46.8. The highest BCUT2D eigenvalue weighted by Gasteiger charge is 2.37. The number of hydrogen-bond acceptors (Lipinski definition) is 18. The molecule has 3 aliphatic rings. The van der Waals surface area contributed by atoms with Gasteiger partial charge in [0.05, 0.1) is 89.1 Å². The summed E-state index contributed by atoms with van der Waals surface area (Å²) in [5.74, 6) is -0.584. The molecule has 6 aromatic rings. The zero-order chi connectivity index (χ0) is 83.2. The van der Waals surface area contributed by atoms with E-state index in [1.54, 1.807) is 90.6 Å². The van der Waals surface area contributed by atoms with Crippen LogP contribution < -0.4 is 14.2 Å². The summed E-state index contributed by atoms with van der Waals surface area (Å²) in [6, 6.07) is 33.2. The van der Waals surface area contributed by atoms with Crippen molar-refractivity contribution in [1.29, 1.82) is 0 Å². The summed E-state index contributed by atoms with van der Waals surface area (Å²) in [7, 11) is 4.30. The number of halogens is 6. The fourth-order valence-electron chi connectivity index (χ4n) is 14.9. The number of likely N-dealkylation sites (N-methyl/N-ethyl adjacent to an activating group) is 6. The zero-order valence-electron chi connectivity index (χ0n) is 67.2. The number of amides is 3. The Kier molecular flexibility index (Phi) is 36.8. The molecule has 0 aromatic heterocycles. The molecule has 24 nitrogen and oxygen atoms in total. The number of nitrogens with one attached hydrogen (secondary N) is 3. The third-order valence-electron chi connectivity index (χ3n) is 21.6. The van der Waals surface area contributed by atoms with Crippen LogP contribution >= 0.6 is 80.6 Å². The smallest absolute Gasteiger partial charge is 0.240 e. The van der Waals surface area contributed by atoms with Gasteiger partial charge in [0.1, 0.15) is 0 Å². The van der Waals surface area contributed by atoms with Crippen LogP contribution in [0.15, 0.2) is 124 Å². The highest BCUT2D eigenvalue weighted by molar-refractivity contribution is 14.1. The van der Waals surface area contributed by atoms with E-state index in [2.05, 4.69) is 70.6 Å². The predicted octanol–water partition coefficient (Wildman–Crippen LogP) is 10.9. The van der Waals surface area contributed by atoms with Crippen molar-refractivity contribution in [2.75, 3.05) is 201 Å². The standard InChI is InChI=1S/C82H112Cl5IN10O14S3/c1-92(2)82(22-19-79(99)96(6)28-34-110-40-37-107-31-25-89-113(9,102)64-16-10-13-58(43-64)70-52-93(3)55-73-67(70)46-61(83)48-76(73)85,23-20-80(100)97(7)29-35-111-41-38-108-32-26-90-114(103,104)65-17-11-14-59(44-65)71-53-94(4)56-74-68(71)47-62(84)49-77(74)86)24-21-81(101)98(8)30-36-112-42-39-109-33-27-91-115(105,106)66-18-12-15-60(45-66)72-54-95(5)57-75-69(72)50-63(88)51-78(75)87/h10-18,43-51,70-72,90-91,113H,19-42,52-57H2,1-9H3,(H,89,102)/t70-,71-,72-,82?/m0/s1. The second-order valence-electron chi connectivity index (χ2n) is 30.2. The highest BCUT2D eigenvalue weighted by atomic mass is 127. The van der Waals surface area contributed by atoms with E-state index in [9.17, 15) is 35.4 Å². The van der Waals surface area contributed by atoms with Gasteiger partial charge in [-0.25, -0.2) is 26.3 Å². The van der Waals surface area contributed by atoms with Crippen LogP contribution in [0, 0.1) is 3.57 Å². The average molecular weight is 1860 g/mol. The molecule has 3 amide bonds. The molecule has 0 saturated carbocycles. The molecule has 3 heterocycles. The molecule has 6 aromatic carbocycles. The fraction of sp³-hybridized carbons (Fsp3) is 0.524. The lowest BCUT2D eigenvalue weighted by Crippen LogP contribution is -2.47. The van der Waals surface area contributed by atoms with E-state index in [1.807, 2.05) is 81.6 Å². The number of sulfonamides is 2. The van der Waals surface area contributed by atoms with Crippen molar-refractivity contribution in [3.63, 3.8) is 0 Å². The van der Waals surface area contributed by atoms with E-state index in [0.717, 1.165) is 73.3 Å². The van der Waals surface area contributed by atoms with Gasteiger partial charge in [0, 0.05) is 182 Å². The lowest BCUT2D eigenvalue weighted by molar-refractivity contribution is -0.132. The van der Waals surface area contributed by atoms with Crippen LogP contribution in [0.3, 0.4) is 0 Å². The number of rotatable bonds is 46. The number of benzene rings is 6. The number of thiol groups is 1. The summed E-state index contributed by atoms with van der Waals surface area (Å²) in [5, 5.41) is 3.02. The molecule has 0 aliphatic carbocycles. The molecule has 0 spiro atoms. The molecule has 634 valence electrons. The third kappa shape index (κ3) is 27.5. The highest BCUT2D eigenvalue weighted by Crippen LogP contribution is 2.43. The number of nitrogens with zero attached hydrogens (tertiary/aromatic N) is 7. The summed E-state index contributed by atoms with van der Waals surface area (Å²) in [5.41, 5.74) is 8.22. The summed E-state index contributed by atoms with van der Waals surface area (Å²) in [6.45, 7) is 8.16. The minimum atomic E-state index is -3.88. The maximum atomic E-state index is 14.1. The minimum Gasteiger partial charge on any atom is -0.378 e. The van der Waals surface area contributed by atoms with Crippen molar-refractivity contribution in [2.24, 2.45) is 0 Å². The predicted molar refractivity (Wildman–Crippen MR) is 465 cm³/mol. The Labute approximate surface area is 719 Å². The molecule has 9 rings (SSSR count). The van der Waals surface area contributed by atoms with Crippen molar-refractivity contribution >= 4 is 128 Å². The van der Waals surface area contributed by atoms with E-state index in [4.69, 9.17) is 86.4 Å². The lowest BCUT2D eigenvalue weighted by atomic mass is 9.82. The molecule has 0 saturated heterocycles. The first kappa shape index (κ1) is 94.3. The van der Waals surface area contributed by atoms with Crippen LogP contribution in [-0.2, 0) is 92.6 Å². The van der Waals surface area contributed by atoms with Crippen LogP contribution in [0.1, 0.15) is 106 Å². The largest absolute Gasteiger partial charge is 0.378 e. The Morgan fingerprint density at radius 1 is 0.470 bits per heavy atom. The monoisotopic (exact) mass is 1860 g/mol. The van der Waals surface area contributed by atoms with Gasteiger partial charge < -0.3 is 62.7 Å². The van der Waals surface area contributed by atoms with Crippen molar-refractivity contribution < 1.29 is 63.8 Å². The zero-order valence-corrected chi connectivity index (χ0v) is 75.7. The Balaban J connectivity index is 0.693. The fourth-order valence-corrected chi connectivity index (χ4v) is 20.7. The molecular weight excluding hydrogens is 1750 g/mol. The molecule has 3 aliphatic heterocycles. The normalized spacial score (nSPS) is 16.9. The van der Waals surface area contributed by atoms with Crippen molar-refractivity contribution in [3.05, 3.63) is 188 Å². The van der Waals surface area contributed by atoms with Crippen LogP contribution in [0.4, 0.5) is 0 Å². The number of carbonyl (C=O) groups excluding carboxylic acids is 3. The molecule has 0 radical (unpaired) electrons. The molecule has 115 heavy (non-hydrogen) atoms. The van der Waals surface area contributed by atoms with Gasteiger partial charge in [-0.3, -0.25) is 23.3 Å². The summed E-state index contributed by atoms with van der Waals surface area (Å²) < 4.78 is 112. The van der Waals surface area contributed by atoms with Gasteiger partial charge in [0.15, 0.2) is 0 Å². The number of fused-ring (bicyclic) bond motifs is 3. The van der Waals surface area contributed by atoms with Gasteiger partial charge in [-0.1, -0.05) is 94.4 Å². The van der Waals surface area contributed by atoms with Crippen molar-refractivity contribution in [3.8, 4) is 0 Å². The summed E-state index contributed by atoms with van der Waals surface area (Å²) in [4.78, 5) is 56.1. The van der Waals surface area contributed by atoms with Gasteiger partial charge in [-0.15, -0.1) is 0 Å². The van der Waals surface area contributed by atoms with Crippen LogP contribution in [-0.4, -0.2) is 279 Å². The number of hydrogen-bond donors (Lipinski definition) is 4. The molecule has 0 fully saturated rings. The Morgan fingerprint density at radius 2 is 0.809 bits per heavy atom. The molecule has 0 bridgehead atoms. The van der Waals surface area contributed by atoms with Crippen molar-refractivity contribution in [2.45, 2.75) is 96.1 Å². The third-order valence-corrected chi connectivity index (χ3v) is 28.7. The molecule has 3 N–H and O–H groups in total. The first-order valence-electron chi connectivity index (χ1n) is 38.7. The van der Waals surface area contributed by atoms with Crippen LogP contribution in [0.2, 0.25) is 25.1 Å². The topological polar surface area (TPSA) is 251 Å². The van der Waals surface area contributed by atoms with Gasteiger partial charge >= 0.3 is 0 Å². The maximum absolute atomic E-state index is 14.1. The molecule has 4 atom stereocenters. The number of ether oxygens (including phenoxy) is 6. The Bertz CT molecular complexity index is 4380. The van der Waals surface area contributed by atoms with E-state index in [-0.39, 0.29) is 163 Å². The average Bonchev–Trinajstić information content (AvgIpc) is 0.779. The summed E-state index contributed by atoms with van der Waals surface area (Å²) >= 11 is 35.0. The van der Waals surface area contributed by atoms with Gasteiger partial charge in [0.2, 0.25) is 37.8 Å². The molecular formula is C82H112Cl5IN10O14S3. The van der Waals surface area contributed by atoms with E-state index >= 15 is 0 Å². The Hall–Kier alpha value is -4.56. The van der Waals surface area contributed by atoms with E-state index < -0.39 is 35.7 Å². The second-order valence-corrected chi connectivity index (χ2v) is 39.8. The van der Waals surface area contributed by atoms with Crippen LogP contribution in [0.5, 0.6) is 0 Å². The second kappa shape index (κ2) is 44.8. The molecule has 1 unspecified atom stereocenters. The number of carbonyl (C=O) groups is 3.